The van der Waals surface area contributed by atoms with Gasteiger partial charge in [0, 0.05) is 0 Å². The SMILES string of the molecule is CC(N)O.Cl.Oc1cccc(Cl)c1Cl. The van der Waals surface area contributed by atoms with Gasteiger partial charge in [-0.15, -0.1) is 12.4 Å². The van der Waals surface area contributed by atoms with Crippen LogP contribution in [-0.4, -0.2) is 16.4 Å². The third kappa shape index (κ3) is 7.24. The van der Waals surface area contributed by atoms with Crippen molar-refractivity contribution in [2.75, 3.05) is 0 Å². The third-order valence-electron chi connectivity index (χ3n) is 0.931. The summed E-state index contributed by atoms with van der Waals surface area (Å²) in [7, 11) is 0. The Morgan fingerprint density at radius 1 is 1.36 bits per heavy atom. The van der Waals surface area contributed by atoms with Crippen LogP contribution in [-0.2, 0) is 0 Å². The topological polar surface area (TPSA) is 66.5 Å². The van der Waals surface area contributed by atoms with Gasteiger partial charge in [0.1, 0.15) is 10.8 Å². The fourth-order valence-corrected chi connectivity index (χ4v) is 0.788. The van der Waals surface area contributed by atoms with Crippen LogP contribution in [0.25, 0.3) is 0 Å². The fraction of sp³-hybridized carbons (Fsp3) is 0.250. The molecular weight excluding hydrogens is 248 g/mol. The Balaban J connectivity index is 0. The molecule has 0 saturated carbocycles. The number of rotatable bonds is 0. The van der Waals surface area contributed by atoms with Gasteiger partial charge in [0.05, 0.1) is 11.3 Å². The van der Waals surface area contributed by atoms with E-state index < -0.39 is 6.23 Å². The summed E-state index contributed by atoms with van der Waals surface area (Å²) in [4.78, 5) is 0. The Hall–Kier alpha value is -0.190. The first-order chi connectivity index (χ1) is 5.95. The number of halogens is 3. The number of aliphatic hydroxyl groups excluding tert-OH is 1. The first kappa shape index (κ1) is 16.2. The van der Waals surface area contributed by atoms with Gasteiger partial charge in [-0.05, 0) is 19.1 Å². The smallest absolute Gasteiger partial charge is 0.135 e. The maximum atomic E-state index is 8.88. The van der Waals surface area contributed by atoms with Crippen molar-refractivity contribution in [3.05, 3.63) is 28.2 Å². The Kier molecular flexibility index (Phi) is 9.45. The highest BCUT2D eigenvalue weighted by atomic mass is 35.5. The highest BCUT2D eigenvalue weighted by molar-refractivity contribution is 6.42. The van der Waals surface area contributed by atoms with E-state index in [1.807, 2.05) is 0 Å². The van der Waals surface area contributed by atoms with Crippen LogP contribution in [0.2, 0.25) is 10.0 Å². The Labute approximate surface area is 98.9 Å². The molecule has 0 amide bonds. The predicted molar refractivity (Wildman–Crippen MR) is 61.2 cm³/mol. The minimum atomic E-state index is -0.667. The summed E-state index contributed by atoms with van der Waals surface area (Å²) in [6, 6.07) is 4.72. The van der Waals surface area contributed by atoms with E-state index in [-0.39, 0.29) is 23.2 Å². The van der Waals surface area contributed by atoms with Gasteiger partial charge in [-0.1, -0.05) is 29.3 Å². The van der Waals surface area contributed by atoms with Gasteiger partial charge in [-0.3, -0.25) is 0 Å². The van der Waals surface area contributed by atoms with Crippen molar-refractivity contribution in [2.45, 2.75) is 13.2 Å². The molecule has 0 heterocycles. The largest absolute Gasteiger partial charge is 0.506 e. The number of nitrogens with two attached hydrogens (primary N) is 1. The van der Waals surface area contributed by atoms with Crippen molar-refractivity contribution in [1.29, 1.82) is 0 Å². The number of benzene rings is 1. The number of hydrogen-bond acceptors (Lipinski definition) is 3. The van der Waals surface area contributed by atoms with Crippen LogP contribution in [0.3, 0.4) is 0 Å². The van der Waals surface area contributed by atoms with Crippen LogP contribution in [0.15, 0.2) is 18.2 Å². The molecule has 1 aromatic carbocycles. The average molecular weight is 261 g/mol. The number of phenolic OH excluding ortho intramolecular Hbond substituents is 1. The van der Waals surface area contributed by atoms with Gasteiger partial charge in [-0.2, -0.15) is 0 Å². The van der Waals surface area contributed by atoms with Crippen molar-refractivity contribution >= 4 is 35.6 Å². The molecule has 3 nitrogen and oxygen atoms in total. The molecule has 1 atom stereocenters. The van der Waals surface area contributed by atoms with E-state index in [1.54, 1.807) is 12.1 Å². The van der Waals surface area contributed by atoms with E-state index in [2.05, 4.69) is 5.73 Å². The van der Waals surface area contributed by atoms with Gasteiger partial charge >= 0.3 is 0 Å². The second-order valence-electron chi connectivity index (χ2n) is 2.31. The lowest BCUT2D eigenvalue weighted by atomic mass is 10.3. The van der Waals surface area contributed by atoms with E-state index in [4.69, 9.17) is 33.4 Å². The second kappa shape index (κ2) is 8.15. The molecule has 4 N–H and O–H groups in total. The molecule has 14 heavy (non-hydrogen) atoms. The van der Waals surface area contributed by atoms with E-state index in [0.29, 0.717) is 5.02 Å². The minimum absolute atomic E-state index is 0. The molecule has 0 aliphatic carbocycles. The van der Waals surface area contributed by atoms with Crippen LogP contribution in [0.4, 0.5) is 0 Å². The maximum Gasteiger partial charge on any atom is 0.135 e. The molecular formula is C8H12Cl3NO2. The monoisotopic (exact) mass is 259 g/mol. The zero-order valence-electron chi connectivity index (χ0n) is 7.45. The Morgan fingerprint density at radius 3 is 2.07 bits per heavy atom. The van der Waals surface area contributed by atoms with Crippen molar-refractivity contribution in [1.82, 2.24) is 0 Å². The molecule has 1 rings (SSSR count). The highest BCUT2D eigenvalue weighted by Gasteiger charge is 1.99. The Bertz CT molecular complexity index is 246. The van der Waals surface area contributed by atoms with Crippen LogP contribution in [0.5, 0.6) is 5.75 Å². The molecule has 0 spiro atoms. The molecule has 0 saturated heterocycles. The van der Waals surface area contributed by atoms with Gasteiger partial charge in [0.25, 0.3) is 0 Å². The first-order valence-electron chi connectivity index (χ1n) is 3.51. The molecule has 0 aliphatic rings. The van der Waals surface area contributed by atoms with E-state index in [1.165, 1.54) is 13.0 Å². The summed E-state index contributed by atoms with van der Waals surface area (Å²) in [6.45, 7) is 1.50. The maximum absolute atomic E-state index is 8.88. The molecule has 0 fully saturated rings. The summed E-state index contributed by atoms with van der Waals surface area (Å²) in [6.07, 6.45) is -0.667. The van der Waals surface area contributed by atoms with Crippen molar-refractivity contribution < 1.29 is 10.2 Å². The van der Waals surface area contributed by atoms with Gasteiger partial charge in [-0.25, -0.2) is 0 Å². The average Bonchev–Trinajstić information content (AvgIpc) is 1.99. The normalized spacial score (nSPS) is 10.6. The van der Waals surface area contributed by atoms with Gasteiger partial charge < -0.3 is 15.9 Å². The van der Waals surface area contributed by atoms with E-state index >= 15 is 0 Å². The first-order valence-corrected chi connectivity index (χ1v) is 4.27. The molecule has 1 aromatic rings. The van der Waals surface area contributed by atoms with Crippen molar-refractivity contribution in [2.24, 2.45) is 5.73 Å². The summed E-state index contributed by atoms with van der Waals surface area (Å²) in [5, 5.41) is 17.3. The zero-order valence-corrected chi connectivity index (χ0v) is 9.77. The molecule has 0 aromatic heterocycles. The van der Waals surface area contributed by atoms with Gasteiger partial charge in [0.15, 0.2) is 0 Å². The summed E-state index contributed by atoms with van der Waals surface area (Å²) < 4.78 is 0. The Morgan fingerprint density at radius 2 is 1.79 bits per heavy atom. The quantitative estimate of drug-likeness (QED) is 0.628. The fourth-order valence-electron chi connectivity index (χ4n) is 0.492. The number of hydrogen-bond donors (Lipinski definition) is 3. The molecule has 0 radical (unpaired) electrons. The lowest BCUT2D eigenvalue weighted by Gasteiger charge is -1.95. The van der Waals surface area contributed by atoms with Gasteiger partial charge in [0.2, 0.25) is 0 Å². The minimum Gasteiger partial charge on any atom is -0.506 e. The standard InChI is InChI=1S/C6H4Cl2O.C2H7NO.ClH/c7-4-2-1-3-5(9)6(4)8;1-2(3)4;/h1-3,9H;2,4H,3H2,1H3;1H. The molecule has 82 valence electrons. The molecule has 1 unspecified atom stereocenters. The van der Waals surface area contributed by atoms with Crippen LogP contribution >= 0.6 is 35.6 Å². The van der Waals surface area contributed by atoms with E-state index in [9.17, 15) is 0 Å². The number of aliphatic hydroxyl groups is 1. The highest BCUT2D eigenvalue weighted by Crippen LogP contribution is 2.29. The summed E-state index contributed by atoms with van der Waals surface area (Å²) in [5.41, 5.74) is 4.67. The summed E-state index contributed by atoms with van der Waals surface area (Å²) in [5.74, 6) is 0.0177. The van der Waals surface area contributed by atoms with Crippen molar-refractivity contribution in [3.8, 4) is 5.75 Å². The zero-order chi connectivity index (χ0) is 10.4. The van der Waals surface area contributed by atoms with Crippen LogP contribution in [0.1, 0.15) is 6.92 Å². The number of phenols is 1. The van der Waals surface area contributed by atoms with Crippen molar-refractivity contribution in [3.63, 3.8) is 0 Å². The predicted octanol–water partition coefficient (Wildman–Crippen LogP) is 2.40. The second-order valence-corrected chi connectivity index (χ2v) is 3.10. The summed E-state index contributed by atoms with van der Waals surface area (Å²) >= 11 is 11.0. The third-order valence-corrected chi connectivity index (χ3v) is 1.74. The van der Waals surface area contributed by atoms with E-state index in [0.717, 1.165) is 0 Å². The molecule has 0 aliphatic heterocycles. The van der Waals surface area contributed by atoms with Crippen LogP contribution in [0, 0.1) is 0 Å². The lowest BCUT2D eigenvalue weighted by Crippen LogP contribution is -2.11. The molecule has 0 bridgehead atoms. The molecule has 6 heteroatoms. The lowest BCUT2D eigenvalue weighted by molar-refractivity contribution is 0.203. The number of aromatic hydroxyl groups is 1. The van der Waals surface area contributed by atoms with Crippen LogP contribution < -0.4 is 5.73 Å².